The van der Waals surface area contributed by atoms with Crippen LogP contribution in [-0.2, 0) is 4.79 Å². The van der Waals surface area contributed by atoms with Crippen LogP contribution in [0, 0.1) is 5.41 Å². The molecule has 0 unspecified atom stereocenters. The van der Waals surface area contributed by atoms with Crippen LogP contribution in [0.1, 0.15) is 34.1 Å². The van der Waals surface area contributed by atoms with E-state index >= 15 is 0 Å². The molecular weight excluding hydrogens is 124 g/mol. The van der Waals surface area contributed by atoms with Gasteiger partial charge in [-0.05, 0) is 20.8 Å². The minimum Gasteiger partial charge on any atom is -0.299 e. The van der Waals surface area contributed by atoms with Crippen LogP contribution >= 0.6 is 0 Å². The standard InChI is InChI=1S/C9H16O/c1-5-7-9(3,4)8(10)6-2/h5,7H,6H2,1-4H3/b7-5+. The Morgan fingerprint density at radius 1 is 1.50 bits per heavy atom. The number of carbonyl (C=O) groups is 1. The van der Waals surface area contributed by atoms with Gasteiger partial charge in [-0.15, -0.1) is 0 Å². The average molecular weight is 140 g/mol. The largest absolute Gasteiger partial charge is 0.299 e. The molecule has 0 heterocycles. The fourth-order valence-corrected chi connectivity index (χ4v) is 0.965. The second-order valence-electron chi connectivity index (χ2n) is 3.00. The molecule has 0 fully saturated rings. The lowest BCUT2D eigenvalue weighted by atomic mass is 9.86. The molecule has 0 aliphatic carbocycles. The third-order valence-electron chi connectivity index (χ3n) is 1.62. The fourth-order valence-electron chi connectivity index (χ4n) is 0.965. The predicted molar refractivity (Wildman–Crippen MR) is 43.9 cm³/mol. The third-order valence-corrected chi connectivity index (χ3v) is 1.62. The lowest BCUT2D eigenvalue weighted by Gasteiger charge is -2.16. The van der Waals surface area contributed by atoms with Gasteiger partial charge in [0.1, 0.15) is 5.78 Å². The van der Waals surface area contributed by atoms with Crippen LogP contribution in [-0.4, -0.2) is 5.78 Å². The first-order valence-electron chi connectivity index (χ1n) is 3.71. The summed E-state index contributed by atoms with van der Waals surface area (Å²) in [7, 11) is 0. The van der Waals surface area contributed by atoms with E-state index in [1.165, 1.54) is 0 Å². The molecule has 0 atom stereocenters. The molecule has 1 heteroatoms. The van der Waals surface area contributed by atoms with Crippen molar-refractivity contribution in [2.75, 3.05) is 0 Å². The SMILES string of the molecule is C/C=C/C(C)(C)C(=O)CC. The van der Waals surface area contributed by atoms with E-state index in [4.69, 9.17) is 0 Å². The second-order valence-corrected chi connectivity index (χ2v) is 3.00. The number of hydrogen-bond acceptors (Lipinski definition) is 1. The summed E-state index contributed by atoms with van der Waals surface area (Å²) < 4.78 is 0. The molecule has 0 bridgehead atoms. The third kappa shape index (κ3) is 2.34. The zero-order valence-corrected chi connectivity index (χ0v) is 7.27. The van der Waals surface area contributed by atoms with Gasteiger partial charge in [0.2, 0.25) is 0 Å². The molecule has 0 amide bonds. The summed E-state index contributed by atoms with van der Waals surface area (Å²) >= 11 is 0. The minimum absolute atomic E-state index is 0.260. The van der Waals surface area contributed by atoms with E-state index in [0.717, 1.165) is 0 Å². The monoisotopic (exact) mass is 140 g/mol. The van der Waals surface area contributed by atoms with Crippen LogP contribution in [0.25, 0.3) is 0 Å². The summed E-state index contributed by atoms with van der Waals surface area (Å²) in [5, 5.41) is 0. The fraction of sp³-hybridized carbons (Fsp3) is 0.667. The van der Waals surface area contributed by atoms with Gasteiger partial charge >= 0.3 is 0 Å². The maximum Gasteiger partial charge on any atom is 0.141 e. The molecule has 0 aliphatic rings. The Balaban J connectivity index is 4.24. The van der Waals surface area contributed by atoms with Crippen molar-refractivity contribution in [2.45, 2.75) is 34.1 Å². The summed E-state index contributed by atoms with van der Waals surface area (Å²) in [5.74, 6) is 0.297. The van der Waals surface area contributed by atoms with Gasteiger partial charge in [0, 0.05) is 11.8 Å². The zero-order chi connectivity index (χ0) is 8.20. The number of carbonyl (C=O) groups excluding carboxylic acids is 1. The van der Waals surface area contributed by atoms with Gasteiger partial charge in [-0.3, -0.25) is 4.79 Å². The highest BCUT2D eigenvalue weighted by Gasteiger charge is 2.21. The molecule has 1 nitrogen and oxygen atoms in total. The van der Waals surface area contributed by atoms with Crippen LogP contribution in [0.15, 0.2) is 12.2 Å². The lowest BCUT2D eigenvalue weighted by molar-refractivity contribution is -0.124. The number of rotatable bonds is 3. The van der Waals surface area contributed by atoms with Gasteiger partial charge in [0.05, 0.1) is 0 Å². The molecule has 0 saturated heterocycles. The number of Topliss-reactive ketones (excluding diaryl/α,β-unsaturated/α-hetero) is 1. The Labute approximate surface area is 63.1 Å². The normalized spacial score (nSPS) is 12.4. The van der Waals surface area contributed by atoms with Crippen LogP contribution in [0.3, 0.4) is 0 Å². The molecule has 0 rings (SSSR count). The number of hydrogen-bond donors (Lipinski definition) is 0. The summed E-state index contributed by atoms with van der Waals surface area (Å²) in [6.07, 6.45) is 4.49. The topological polar surface area (TPSA) is 17.1 Å². The molecule has 0 aliphatic heterocycles. The maximum atomic E-state index is 11.2. The average Bonchev–Trinajstić information content (AvgIpc) is 1.86. The molecule has 0 N–H and O–H groups in total. The van der Waals surface area contributed by atoms with E-state index in [1.54, 1.807) is 0 Å². The van der Waals surface area contributed by atoms with Crippen molar-refractivity contribution in [2.24, 2.45) is 5.41 Å². The van der Waals surface area contributed by atoms with Crippen LogP contribution < -0.4 is 0 Å². The molecule has 0 aromatic heterocycles. The Morgan fingerprint density at radius 2 is 2.00 bits per heavy atom. The second kappa shape index (κ2) is 3.55. The summed E-state index contributed by atoms with van der Waals surface area (Å²) in [6.45, 7) is 7.72. The molecule has 10 heavy (non-hydrogen) atoms. The van der Waals surface area contributed by atoms with Gasteiger partial charge in [0.25, 0.3) is 0 Å². The van der Waals surface area contributed by atoms with Crippen LogP contribution in [0.5, 0.6) is 0 Å². The van der Waals surface area contributed by atoms with Crippen molar-refractivity contribution in [1.29, 1.82) is 0 Å². The van der Waals surface area contributed by atoms with Crippen molar-refractivity contribution in [3.8, 4) is 0 Å². The van der Waals surface area contributed by atoms with Crippen LogP contribution in [0.2, 0.25) is 0 Å². The molecule has 58 valence electrons. The van der Waals surface area contributed by atoms with Gasteiger partial charge < -0.3 is 0 Å². The van der Waals surface area contributed by atoms with Crippen molar-refractivity contribution >= 4 is 5.78 Å². The highest BCUT2D eigenvalue weighted by Crippen LogP contribution is 2.19. The molecule has 0 aromatic rings. The van der Waals surface area contributed by atoms with Gasteiger partial charge in [-0.25, -0.2) is 0 Å². The molecular formula is C9H16O. The van der Waals surface area contributed by atoms with Crippen molar-refractivity contribution < 1.29 is 4.79 Å². The molecule has 0 radical (unpaired) electrons. The molecule has 0 aromatic carbocycles. The van der Waals surface area contributed by atoms with Gasteiger partial charge in [0.15, 0.2) is 0 Å². The first kappa shape index (κ1) is 9.41. The Bertz CT molecular complexity index is 143. The Kier molecular flexibility index (Phi) is 3.34. The lowest BCUT2D eigenvalue weighted by Crippen LogP contribution is -2.20. The van der Waals surface area contributed by atoms with Crippen LogP contribution in [0.4, 0.5) is 0 Å². The smallest absolute Gasteiger partial charge is 0.141 e. The van der Waals surface area contributed by atoms with Crippen molar-refractivity contribution in [3.63, 3.8) is 0 Å². The number of allylic oxidation sites excluding steroid dienone is 2. The molecule has 0 spiro atoms. The predicted octanol–water partition coefficient (Wildman–Crippen LogP) is 2.57. The van der Waals surface area contributed by atoms with E-state index < -0.39 is 0 Å². The van der Waals surface area contributed by atoms with E-state index in [-0.39, 0.29) is 5.41 Å². The zero-order valence-electron chi connectivity index (χ0n) is 7.27. The highest BCUT2D eigenvalue weighted by molar-refractivity contribution is 5.85. The van der Waals surface area contributed by atoms with E-state index in [0.29, 0.717) is 12.2 Å². The Morgan fingerprint density at radius 3 is 2.30 bits per heavy atom. The summed E-state index contributed by atoms with van der Waals surface area (Å²) in [4.78, 5) is 11.2. The highest BCUT2D eigenvalue weighted by atomic mass is 16.1. The maximum absolute atomic E-state index is 11.2. The van der Waals surface area contributed by atoms with Gasteiger partial charge in [-0.1, -0.05) is 19.1 Å². The Hall–Kier alpha value is -0.590. The van der Waals surface area contributed by atoms with Crippen molar-refractivity contribution in [3.05, 3.63) is 12.2 Å². The molecule has 0 saturated carbocycles. The quantitative estimate of drug-likeness (QED) is 0.551. The first-order chi connectivity index (χ1) is 4.54. The van der Waals surface area contributed by atoms with E-state index in [2.05, 4.69) is 0 Å². The number of ketones is 1. The summed E-state index contributed by atoms with van der Waals surface area (Å²) in [5.41, 5.74) is -0.260. The summed E-state index contributed by atoms with van der Waals surface area (Å²) in [6, 6.07) is 0. The first-order valence-corrected chi connectivity index (χ1v) is 3.71. The van der Waals surface area contributed by atoms with E-state index in [1.807, 2.05) is 39.8 Å². The minimum atomic E-state index is -0.260. The van der Waals surface area contributed by atoms with E-state index in [9.17, 15) is 4.79 Å². The van der Waals surface area contributed by atoms with Gasteiger partial charge in [-0.2, -0.15) is 0 Å². The van der Waals surface area contributed by atoms with Crippen molar-refractivity contribution in [1.82, 2.24) is 0 Å².